The number of carboxylic acids is 1. The Kier molecular flexibility index (Phi) is 4.32. The topological polar surface area (TPSA) is 75.1 Å². The molecule has 0 aliphatic heterocycles. The number of carbonyl (C=O) groups is 1. The Morgan fingerprint density at radius 2 is 1.91 bits per heavy atom. The van der Waals surface area contributed by atoms with Gasteiger partial charge in [-0.25, -0.2) is 9.97 Å². The molecule has 1 aromatic carbocycles. The quantitative estimate of drug-likeness (QED) is 0.887. The number of fused-ring (bicyclic) bond motifs is 1. The number of aryl methyl sites for hydroxylation is 1. The summed E-state index contributed by atoms with van der Waals surface area (Å²) in [6.07, 6.45) is 4.28. The normalized spacial score (nSPS) is 13.5. The summed E-state index contributed by atoms with van der Waals surface area (Å²) in [4.78, 5) is 20.1. The molecule has 2 N–H and O–H groups in total. The molecular formula is C17H19N3O2. The van der Waals surface area contributed by atoms with Crippen LogP contribution < -0.4 is 5.32 Å². The van der Waals surface area contributed by atoms with E-state index in [0.29, 0.717) is 12.4 Å². The number of aliphatic carboxylic acids is 1. The fraction of sp³-hybridized carbons (Fsp3) is 0.353. The first-order valence-corrected chi connectivity index (χ1v) is 7.65. The molecule has 0 bridgehead atoms. The minimum atomic E-state index is -0.807. The van der Waals surface area contributed by atoms with E-state index in [1.165, 1.54) is 0 Å². The summed E-state index contributed by atoms with van der Waals surface area (Å²) >= 11 is 0. The van der Waals surface area contributed by atoms with Gasteiger partial charge in [0, 0.05) is 23.4 Å². The molecule has 0 fully saturated rings. The lowest BCUT2D eigenvalue weighted by Crippen LogP contribution is -2.15. The van der Waals surface area contributed by atoms with Gasteiger partial charge in [0.1, 0.15) is 5.82 Å². The van der Waals surface area contributed by atoms with Gasteiger partial charge in [-0.15, -0.1) is 0 Å². The van der Waals surface area contributed by atoms with Gasteiger partial charge in [0.05, 0.1) is 6.42 Å². The second-order valence-electron chi connectivity index (χ2n) is 5.46. The molecular weight excluding hydrogens is 278 g/mol. The monoisotopic (exact) mass is 297 g/mol. The van der Waals surface area contributed by atoms with Gasteiger partial charge in [-0.2, -0.15) is 0 Å². The van der Waals surface area contributed by atoms with E-state index >= 15 is 0 Å². The molecule has 0 unspecified atom stereocenters. The average Bonchev–Trinajstić information content (AvgIpc) is 2.55. The van der Waals surface area contributed by atoms with Crippen LogP contribution in [-0.2, 0) is 17.6 Å². The van der Waals surface area contributed by atoms with Gasteiger partial charge in [0.25, 0.3) is 0 Å². The van der Waals surface area contributed by atoms with Gasteiger partial charge >= 0.3 is 5.97 Å². The van der Waals surface area contributed by atoms with E-state index < -0.39 is 5.97 Å². The summed E-state index contributed by atoms with van der Waals surface area (Å²) in [6.45, 7) is 0.382. The number of nitrogens with one attached hydrogen (secondary N) is 1. The van der Waals surface area contributed by atoms with Gasteiger partial charge in [0.2, 0.25) is 0 Å². The minimum absolute atomic E-state index is 0.0828. The molecule has 2 aromatic rings. The van der Waals surface area contributed by atoms with E-state index in [0.717, 1.165) is 48.3 Å². The first kappa shape index (κ1) is 14.5. The van der Waals surface area contributed by atoms with Crippen LogP contribution in [0.1, 0.15) is 30.5 Å². The third-order valence-corrected chi connectivity index (χ3v) is 3.85. The van der Waals surface area contributed by atoms with Gasteiger partial charge in [0.15, 0.2) is 5.82 Å². The maximum Gasteiger partial charge on any atom is 0.305 e. The van der Waals surface area contributed by atoms with Crippen molar-refractivity contribution in [2.45, 2.75) is 32.1 Å². The molecule has 5 heteroatoms. The lowest BCUT2D eigenvalue weighted by atomic mass is 9.96. The molecule has 1 aromatic heterocycles. The van der Waals surface area contributed by atoms with E-state index in [1.54, 1.807) is 0 Å². The third kappa shape index (κ3) is 3.24. The Morgan fingerprint density at radius 3 is 2.68 bits per heavy atom. The van der Waals surface area contributed by atoms with Crippen molar-refractivity contribution >= 4 is 11.8 Å². The maximum absolute atomic E-state index is 10.7. The number of rotatable bonds is 5. The standard InChI is InChI=1S/C17H19N3O2/c21-15(22)10-11-18-17-13-8-4-5-9-14(13)19-16(20-17)12-6-2-1-3-7-12/h1-3,6-7H,4-5,8-11H2,(H,21,22)(H,18,19,20). The lowest BCUT2D eigenvalue weighted by Gasteiger charge is -2.19. The number of hydrogen-bond acceptors (Lipinski definition) is 4. The molecule has 1 heterocycles. The molecule has 5 nitrogen and oxygen atoms in total. The van der Waals surface area contributed by atoms with Crippen LogP contribution >= 0.6 is 0 Å². The van der Waals surface area contributed by atoms with Gasteiger partial charge in [-0.3, -0.25) is 4.79 Å². The van der Waals surface area contributed by atoms with Crippen LogP contribution in [0.4, 0.5) is 5.82 Å². The van der Waals surface area contributed by atoms with Crippen molar-refractivity contribution in [2.24, 2.45) is 0 Å². The largest absolute Gasteiger partial charge is 0.481 e. The Morgan fingerprint density at radius 1 is 1.14 bits per heavy atom. The number of hydrogen-bond donors (Lipinski definition) is 2. The van der Waals surface area contributed by atoms with Gasteiger partial charge in [-0.05, 0) is 25.7 Å². The zero-order chi connectivity index (χ0) is 15.4. The van der Waals surface area contributed by atoms with E-state index in [1.807, 2.05) is 30.3 Å². The molecule has 0 radical (unpaired) electrons. The number of anilines is 1. The Bertz CT molecular complexity index is 671. The molecule has 0 saturated carbocycles. The molecule has 1 aliphatic carbocycles. The highest BCUT2D eigenvalue weighted by atomic mass is 16.4. The molecule has 0 amide bonds. The molecule has 3 rings (SSSR count). The van der Waals surface area contributed by atoms with Crippen molar-refractivity contribution in [2.75, 3.05) is 11.9 Å². The first-order chi connectivity index (χ1) is 10.7. The Hall–Kier alpha value is -2.43. The predicted octanol–water partition coefficient (Wildman–Crippen LogP) is 2.91. The fourth-order valence-electron chi connectivity index (χ4n) is 2.74. The molecule has 0 saturated heterocycles. The van der Waals surface area contributed by atoms with Crippen molar-refractivity contribution in [3.8, 4) is 11.4 Å². The van der Waals surface area contributed by atoms with Crippen LogP contribution in [0.15, 0.2) is 30.3 Å². The van der Waals surface area contributed by atoms with Crippen molar-refractivity contribution < 1.29 is 9.90 Å². The van der Waals surface area contributed by atoms with Crippen LogP contribution in [0.3, 0.4) is 0 Å². The van der Waals surface area contributed by atoms with Crippen LogP contribution in [0, 0.1) is 0 Å². The van der Waals surface area contributed by atoms with E-state index in [9.17, 15) is 4.79 Å². The van der Waals surface area contributed by atoms with E-state index in [-0.39, 0.29) is 6.42 Å². The van der Waals surface area contributed by atoms with Crippen molar-refractivity contribution in [3.05, 3.63) is 41.6 Å². The predicted molar refractivity (Wildman–Crippen MR) is 84.9 cm³/mol. The number of nitrogens with zero attached hydrogens (tertiary/aromatic N) is 2. The molecule has 22 heavy (non-hydrogen) atoms. The first-order valence-electron chi connectivity index (χ1n) is 7.65. The molecule has 114 valence electrons. The lowest BCUT2D eigenvalue weighted by molar-refractivity contribution is -0.136. The number of carboxylic acid groups (broad SMARTS) is 1. The highest BCUT2D eigenvalue weighted by molar-refractivity contribution is 5.67. The number of benzene rings is 1. The minimum Gasteiger partial charge on any atom is -0.481 e. The maximum atomic E-state index is 10.7. The van der Waals surface area contributed by atoms with Crippen LogP contribution in [0.2, 0.25) is 0 Å². The highest BCUT2D eigenvalue weighted by Crippen LogP contribution is 2.28. The zero-order valence-electron chi connectivity index (χ0n) is 12.4. The summed E-state index contributed by atoms with van der Waals surface area (Å²) < 4.78 is 0. The average molecular weight is 297 g/mol. The summed E-state index contributed by atoms with van der Waals surface area (Å²) in [5, 5.41) is 12.0. The molecule has 0 spiro atoms. The summed E-state index contributed by atoms with van der Waals surface area (Å²) in [7, 11) is 0. The SMILES string of the molecule is O=C(O)CCNc1nc(-c2ccccc2)nc2c1CCCC2. The van der Waals surface area contributed by atoms with Crippen LogP contribution in [0.25, 0.3) is 11.4 Å². The highest BCUT2D eigenvalue weighted by Gasteiger charge is 2.18. The van der Waals surface area contributed by atoms with Crippen LogP contribution in [-0.4, -0.2) is 27.6 Å². The summed E-state index contributed by atoms with van der Waals surface area (Å²) in [5.41, 5.74) is 3.23. The zero-order valence-corrected chi connectivity index (χ0v) is 12.4. The van der Waals surface area contributed by atoms with Crippen molar-refractivity contribution in [3.63, 3.8) is 0 Å². The fourth-order valence-corrected chi connectivity index (χ4v) is 2.74. The van der Waals surface area contributed by atoms with Gasteiger partial charge in [-0.1, -0.05) is 30.3 Å². The van der Waals surface area contributed by atoms with E-state index in [4.69, 9.17) is 10.1 Å². The second kappa shape index (κ2) is 6.56. The second-order valence-corrected chi connectivity index (χ2v) is 5.46. The van der Waals surface area contributed by atoms with Crippen molar-refractivity contribution in [1.29, 1.82) is 0 Å². The van der Waals surface area contributed by atoms with Crippen LogP contribution in [0.5, 0.6) is 0 Å². The molecule has 1 aliphatic rings. The van der Waals surface area contributed by atoms with Gasteiger partial charge < -0.3 is 10.4 Å². The van der Waals surface area contributed by atoms with Crippen molar-refractivity contribution in [1.82, 2.24) is 9.97 Å². The summed E-state index contributed by atoms with van der Waals surface area (Å²) in [5.74, 6) is 0.697. The number of aromatic nitrogens is 2. The Balaban J connectivity index is 1.94. The van der Waals surface area contributed by atoms with E-state index in [2.05, 4.69) is 10.3 Å². The Labute approximate surface area is 129 Å². The molecule has 0 atom stereocenters. The summed E-state index contributed by atoms with van der Waals surface area (Å²) in [6, 6.07) is 9.89. The smallest absolute Gasteiger partial charge is 0.305 e. The third-order valence-electron chi connectivity index (χ3n) is 3.85.